The lowest BCUT2D eigenvalue weighted by Crippen LogP contribution is -2.14. The van der Waals surface area contributed by atoms with Gasteiger partial charge in [0.25, 0.3) is 0 Å². The Bertz CT molecular complexity index is 682. The molecule has 0 aliphatic heterocycles. The number of benzene rings is 2. The van der Waals surface area contributed by atoms with Gasteiger partial charge in [-0.05, 0) is 67.1 Å². The predicted molar refractivity (Wildman–Crippen MR) is 95.2 cm³/mol. The van der Waals surface area contributed by atoms with E-state index in [9.17, 15) is 0 Å². The molecular weight excluding hydrogens is 280 g/mol. The Morgan fingerprint density at radius 2 is 1.35 bits per heavy atom. The molecule has 0 amide bonds. The Morgan fingerprint density at radius 1 is 0.750 bits per heavy atom. The summed E-state index contributed by atoms with van der Waals surface area (Å²) in [7, 11) is 0. The number of thiocarbonyl (C=S) groups is 2. The summed E-state index contributed by atoms with van der Waals surface area (Å²) in [4.78, 5) is 1.53. The van der Waals surface area contributed by atoms with Crippen molar-refractivity contribution >= 4 is 34.2 Å². The Hall–Kier alpha value is -1.38. The van der Waals surface area contributed by atoms with Crippen LogP contribution in [0.15, 0.2) is 36.4 Å². The van der Waals surface area contributed by atoms with Crippen molar-refractivity contribution in [2.24, 2.45) is 0 Å². The van der Waals surface area contributed by atoms with E-state index in [1.165, 1.54) is 22.3 Å². The van der Waals surface area contributed by atoms with Gasteiger partial charge in [-0.15, -0.1) is 0 Å². The number of aryl methyl sites for hydroxylation is 1. The molecule has 0 saturated heterocycles. The molecule has 2 heteroatoms. The second-order valence-corrected chi connectivity index (χ2v) is 5.96. The van der Waals surface area contributed by atoms with Crippen molar-refractivity contribution in [2.75, 3.05) is 0 Å². The fourth-order valence-corrected chi connectivity index (χ4v) is 2.87. The van der Waals surface area contributed by atoms with Gasteiger partial charge < -0.3 is 0 Å². The van der Waals surface area contributed by atoms with Crippen LogP contribution < -0.4 is 0 Å². The molecule has 0 spiro atoms. The smallest absolute Gasteiger partial charge is 0.0639 e. The summed E-state index contributed by atoms with van der Waals surface area (Å²) in [6, 6.07) is 12.1. The zero-order chi connectivity index (χ0) is 14.9. The molecule has 0 bridgehead atoms. The Balaban J connectivity index is 2.48. The largest absolute Gasteiger partial charge is 0.0778 e. The van der Waals surface area contributed by atoms with E-state index >= 15 is 0 Å². The van der Waals surface area contributed by atoms with Crippen LogP contribution in [-0.4, -0.2) is 9.73 Å². The molecule has 0 aliphatic carbocycles. The highest BCUT2D eigenvalue weighted by atomic mass is 32.1. The van der Waals surface area contributed by atoms with Crippen LogP contribution in [-0.2, 0) is 0 Å². The summed E-state index contributed by atoms with van der Waals surface area (Å²) >= 11 is 11.2. The van der Waals surface area contributed by atoms with Gasteiger partial charge in [0.2, 0.25) is 0 Å². The quantitative estimate of drug-likeness (QED) is 0.574. The van der Waals surface area contributed by atoms with Gasteiger partial charge in [-0.2, -0.15) is 0 Å². The molecule has 2 aromatic carbocycles. The highest BCUT2D eigenvalue weighted by molar-refractivity contribution is 7.90. The Labute approximate surface area is 131 Å². The first-order valence-electron chi connectivity index (χ1n) is 6.65. The van der Waals surface area contributed by atoms with Crippen molar-refractivity contribution in [3.63, 3.8) is 0 Å². The molecule has 102 valence electrons. The summed E-state index contributed by atoms with van der Waals surface area (Å²) < 4.78 is 0. The molecule has 20 heavy (non-hydrogen) atoms. The molecule has 0 aliphatic rings. The minimum absolute atomic E-state index is 0.756. The second-order valence-electron chi connectivity index (χ2n) is 5.14. The van der Waals surface area contributed by atoms with Crippen LogP contribution >= 0.6 is 24.4 Å². The molecule has 0 radical (unpaired) electrons. The minimum atomic E-state index is 0.756. The number of rotatable bonds is 3. The molecule has 0 saturated carbocycles. The molecule has 0 N–H and O–H groups in total. The van der Waals surface area contributed by atoms with E-state index < -0.39 is 0 Å². The fourth-order valence-electron chi connectivity index (χ4n) is 2.29. The molecule has 0 atom stereocenters. The molecule has 0 unspecified atom stereocenters. The summed E-state index contributed by atoms with van der Waals surface area (Å²) in [6.07, 6.45) is 0. The topological polar surface area (TPSA) is 0 Å². The van der Waals surface area contributed by atoms with Gasteiger partial charge in [0, 0.05) is 0 Å². The first-order chi connectivity index (χ1) is 9.43. The third kappa shape index (κ3) is 2.72. The lowest BCUT2D eigenvalue weighted by molar-refractivity contribution is 1.21. The monoisotopic (exact) mass is 298 g/mol. The Morgan fingerprint density at radius 3 is 1.95 bits per heavy atom. The highest BCUT2D eigenvalue weighted by Crippen LogP contribution is 2.23. The van der Waals surface area contributed by atoms with E-state index in [4.69, 9.17) is 24.4 Å². The van der Waals surface area contributed by atoms with Crippen molar-refractivity contribution in [1.29, 1.82) is 0 Å². The number of hydrogen-bond acceptors (Lipinski definition) is 2. The summed E-state index contributed by atoms with van der Waals surface area (Å²) in [5.74, 6) is 0. The molecule has 2 aromatic rings. The van der Waals surface area contributed by atoms with Gasteiger partial charge in [-0.1, -0.05) is 54.8 Å². The summed E-state index contributed by atoms with van der Waals surface area (Å²) in [5.41, 5.74) is 7.24. The van der Waals surface area contributed by atoms with Crippen molar-refractivity contribution < 1.29 is 0 Å². The zero-order valence-corrected chi connectivity index (χ0v) is 13.9. The summed E-state index contributed by atoms with van der Waals surface area (Å²) in [5, 5.41) is 0. The van der Waals surface area contributed by atoms with Crippen molar-refractivity contribution in [1.82, 2.24) is 0 Å². The molecule has 0 heterocycles. The fraction of sp³-hybridized carbons (Fsp3) is 0.222. The van der Waals surface area contributed by atoms with Crippen LogP contribution in [0.5, 0.6) is 0 Å². The van der Waals surface area contributed by atoms with E-state index in [1.807, 2.05) is 30.3 Å². The van der Waals surface area contributed by atoms with E-state index in [0.717, 1.165) is 20.9 Å². The average molecular weight is 298 g/mol. The van der Waals surface area contributed by atoms with Gasteiger partial charge in [0.1, 0.15) is 0 Å². The lowest BCUT2D eigenvalue weighted by atomic mass is 9.91. The van der Waals surface area contributed by atoms with Crippen LogP contribution in [0.3, 0.4) is 0 Å². The molecule has 2 rings (SSSR count). The average Bonchev–Trinajstić information content (AvgIpc) is 2.48. The first-order valence-corrected chi connectivity index (χ1v) is 7.46. The maximum atomic E-state index is 5.63. The highest BCUT2D eigenvalue weighted by Gasteiger charge is 2.15. The first kappa shape index (κ1) is 15.0. The lowest BCUT2D eigenvalue weighted by Gasteiger charge is -2.15. The maximum absolute atomic E-state index is 5.63. The summed E-state index contributed by atoms with van der Waals surface area (Å²) in [6.45, 7) is 8.55. The van der Waals surface area contributed by atoms with Gasteiger partial charge >= 0.3 is 0 Å². The van der Waals surface area contributed by atoms with Crippen molar-refractivity contribution in [3.05, 3.63) is 69.8 Å². The van der Waals surface area contributed by atoms with Crippen LogP contribution in [0.4, 0.5) is 0 Å². The second kappa shape index (κ2) is 5.94. The van der Waals surface area contributed by atoms with Crippen LogP contribution in [0.1, 0.15) is 33.4 Å². The van der Waals surface area contributed by atoms with Crippen molar-refractivity contribution in [3.8, 4) is 0 Å². The van der Waals surface area contributed by atoms with Gasteiger partial charge in [0.05, 0.1) is 9.73 Å². The van der Waals surface area contributed by atoms with Gasteiger partial charge in [-0.25, -0.2) is 0 Å². The minimum Gasteiger partial charge on any atom is -0.0778 e. The third-order valence-corrected chi connectivity index (χ3v) is 4.96. The third-order valence-electron chi connectivity index (χ3n) is 3.97. The van der Waals surface area contributed by atoms with Crippen LogP contribution in [0.25, 0.3) is 0 Å². The van der Waals surface area contributed by atoms with E-state index in [-0.39, 0.29) is 0 Å². The van der Waals surface area contributed by atoms with Crippen molar-refractivity contribution in [2.45, 2.75) is 27.7 Å². The van der Waals surface area contributed by atoms with E-state index in [0.29, 0.717) is 0 Å². The molecule has 0 fully saturated rings. The predicted octanol–water partition coefficient (Wildman–Crippen LogP) is 5.06. The number of hydrogen-bond donors (Lipinski definition) is 0. The Kier molecular flexibility index (Phi) is 4.46. The molecular formula is C18H18S2. The maximum Gasteiger partial charge on any atom is 0.0639 e. The molecule has 0 aromatic heterocycles. The normalized spacial score (nSPS) is 10.4. The van der Waals surface area contributed by atoms with E-state index in [2.05, 4.69) is 33.8 Å². The van der Waals surface area contributed by atoms with Gasteiger partial charge in [-0.3, -0.25) is 0 Å². The van der Waals surface area contributed by atoms with Crippen LogP contribution in [0, 0.1) is 27.7 Å². The van der Waals surface area contributed by atoms with E-state index in [1.54, 1.807) is 0 Å². The molecule has 0 nitrogen and oxygen atoms in total. The standard InChI is InChI=1S/C18H18S2/c1-11-10-16(14(4)13(3)12(11)2)18(20)17(19)15-8-6-5-7-9-15/h5-10H,1-4H3. The zero-order valence-electron chi connectivity index (χ0n) is 12.3. The van der Waals surface area contributed by atoms with Gasteiger partial charge in [0.15, 0.2) is 0 Å². The SMILES string of the molecule is Cc1cc(C(=S)C(=S)c2ccccc2)c(C)c(C)c1C. The van der Waals surface area contributed by atoms with Crippen LogP contribution in [0.2, 0.25) is 0 Å².